The predicted molar refractivity (Wildman–Crippen MR) is 81.9 cm³/mol. The van der Waals surface area contributed by atoms with E-state index >= 15 is 0 Å². The number of rotatable bonds is 4. The lowest BCUT2D eigenvalue weighted by atomic mass is 10.1. The first-order valence-corrected chi connectivity index (χ1v) is 6.87. The monoisotopic (exact) mass is 291 g/mol. The summed E-state index contributed by atoms with van der Waals surface area (Å²) in [5, 5.41) is 3.63. The summed E-state index contributed by atoms with van der Waals surface area (Å²) in [6.07, 6.45) is 1.48. The molecule has 0 aliphatic carbocycles. The van der Waals surface area contributed by atoms with E-state index in [1.165, 1.54) is 6.33 Å². The molecule has 1 heterocycles. The molecule has 2 aromatic rings. The van der Waals surface area contributed by atoms with Crippen LogP contribution in [0.25, 0.3) is 0 Å². The summed E-state index contributed by atoms with van der Waals surface area (Å²) >= 11 is 6.17. The van der Waals surface area contributed by atoms with Crippen LogP contribution in [0.2, 0.25) is 5.02 Å². The van der Waals surface area contributed by atoms with Gasteiger partial charge in [0.05, 0.1) is 10.6 Å². The van der Waals surface area contributed by atoms with E-state index in [0.29, 0.717) is 16.7 Å². The van der Waals surface area contributed by atoms with Crippen molar-refractivity contribution in [2.75, 3.05) is 12.4 Å². The number of aryl methyl sites for hydroxylation is 1. The topological polar surface area (TPSA) is 47.0 Å². The average molecular weight is 292 g/mol. The summed E-state index contributed by atoms with van der Waals surface area (Å²) < 4.78 is 5.90. The molecule has 20 heavy (non-hydrogen) atoms. The summed E-state index contributed by atoms with van der Waals surface area (Å²) in [5.74, 6) is 2.15. The third kappa shape index (κ3) is 3.02. The van der Waals surface area contributed by atoms with Crippen molar-refractivity contribution in [2.45, 2.75) is 26.7 Å². The molecule has 5 heteroatoms. The van der Waals surface area contributed by atoms with Crippen molar-refractivity contribution in [3.63, 3.8) is 0 Å². The zero-order valence-corrected chi connectivity index (χ0v) is 12.8. The van der Waals surface area contributed by atoms with Crippen molar-refractivity contribution >= 4 is 17.4 Å². The molecule has 1 aromatic heterocycles. The Labute approximate surface area is 124 Å². The predicted octanol–water partition coefficient (Wildman–Crippen LogP) is 4.40. The quantitative estimate of drug-likeness (QED) is 0.907. The van der Waals surface area contributed by atoms with Crippen LogP contribution in [0.5, 0.6) is 11.6 Å². The molecule has 0 aliphatic heterocycles. The molecule has 0 atom stereocenters. The summed E-state index contributed by atoms with van der Waals surface area (Å²) in [7, 11) is 1.83. The second-order valence-electron chi connectivity index (χ2n) is 4.88. The lowest BCUT2D eigenvalue weighted by Gasteiger charge is -2.16. The van der Waals surface area contributed by atoms with Gasteiger partial charge in [-0.05, 0) is 30.5 Å². The highest BCUT2D eigenvalue weighted by molar-refractivity contribution is 6.32. The van der Waals surface area contributed by atoms with Gasteiger partial charge in [0, 0.05) is 7.05 Å². The molecule has 106 valence electrons. The van der Waals surface area contributed by atoms with Crippen LogP contribution in [0.4, 0.5) is 5.82 Å². The molecule has 0 radical (unpaired) electrons. The molecule has 4 nitrogen and oxygen atoms in total. The number of halogens is 1. The van der Waals surface area contributed by atoms with Gasteiger partial charge in [-0.15, -0.1) is 0 Å². The maximum atomic E-state index is 6.17. The summed E-state index contributed by atoms with van der Waals surface area (Å²) in [6.45, 7) is 6.14. The molecule has 0 saturated heterocycles. The number of anilines is 1. The minimum atomic E-state index is 0.234. The van der Waals surface area contributed by atoms with Crippen molar-refractivity contribution in [3.05, 3.63) is 40.7 Å². The smallest absolute Gasteiger partial charge is 0.227 e. The SMILES string of the molecule is CNc1ncnc(Oc2cc(C)ccc2Cl)c1C(C)C. The molecular weight excluding hydrogens is 274 g/mol. The summed E-state index contributed by atoms with van der Waals surface area (Å²) in [6, 6.07) is 5.66. The first kappa shape index (κ1) is 14.6. The van der Waals surface area contributed by atoms with Crippen LogP contribution in [0, 0.1) is 6.92 Å². The first-order valence-electron chi connectivity index (χ1n) is 6.49. The summed E-state index contributed by atoms with van der Waals surface area (Å²) in [5.41, 5.74) is 2.02. The molecule has 1 N–H and O–H groups in total. The van der Waals surface area contributed by atoms with Gasteiger partial charge in [-0.25, -0.2) is 9.97 Å². The van der Waals surface area contributed by atoms with Gasteiger partial charge in [0.25, 0.3) is 0 Å². The van der Waals surface area contributed by atoms with Gasteiger partial charge in [-0.2, -0.15) is 0 Å². The Morgan fingerprint density at radius 2 is 2.00 bits per heavy atom. The molecule has 0 unspecified atom stereocenters. The van der Waals surface area contributed by atoms with Crippen molar-refractivity contribution in [1.29, 1.82) is 0 Å². The van der Waals surface area contributed by atoms with Crippen molar-refractivity contribution in [1.82, 2.24) is 9.97 Å². The van der Waals surface area contributed by atoms with E-state index in [4.69, 9.17) is 16.3 Å². The number of hydrogen-bond donors (Lipinski definition) is 1. The van der Waals surface area contributed by atoms with E-state index in [0.717, 1.165) is 16.9 Å². The second-order valence-corrected chi connectivity index (χ2v) is 5.29. The average Bonchev–Trinajstić information content (AvgIpc) is 2.42. The maximum absolute atomic E-state index is 6.17. The third-order valence-corrected chi connectivity index (χ3v) is 3.27. The zero-order valence-electron chi connectivity index (χ0n) is 12.1. The Morgan fingerprint density at radius 3 is 2.65 bits per heavy atom. The molecule has 2 rings (SSSR count). The van der Waals surface area contributed by atoms with Gasteiger partial charge in [0.15, 0.2) is 0 Å². The van der Waals surface area contributed by atoms with Crippen LogP contribution in [0.15, 0.2) is 24.5 Å². The maximum Gasteiger partial charge on any atom is 0.227 e. The van der Waals surface area contributed by atoms with Gasteiger partial charge in [0.2, 0.25) is 5.88 Å². The van der Waals surface area contributed by atoms with Crippen LogP contribution < -0.4 is 10.1 Å². The zero-order chi connectivity index (χ0) is 14.7. The Hall–Kier alpha value is -1.81. The highest BCUT2D eigenvalue weighted by Gasteiger charge is 2.17. The normalized spacial score (nSPS) is 10.7. The van der Waals surface area contributed by atoms with E-state index < -0.39 is 0 Å². The molecule has 0 saturated carbocycles. The van der Waals surface area contributed by atoms with E-state index in [-0.39, 0.29) is 5.92 Å². The van der Waals surface area contributed by atoms with Crippen LogP contribution >= 0.6 is 11.6 Å². The molecule has 0 spiro atoms. The third-order valence-electron chi connectivity index (χ3n) is 2.95. The molecule has 0 bridgehead atoms. The van der Waals surface area contributed by atoms with Crippen LogP contribution in [0.1, 0.15) is 30.9 Å². The largest absolute Gasteiger partial charge is 0.437 e. The van der Waals surface area contributed by atoms with Crippen LogP contribution in [-0.2, 0) is 0 Å². The van der Waals surface area contributed by atoms with E-state index in [9.17, 15) is 0 Å². The fraction of sp³-hybridized carbons (Fsp3) is 0.333. The standard InChI is InChI=1S/C15H18ClN3O/c1-9(2)13-14(17-4)18-8-19-15(13)20-12-7-10(3)5-6-11(12)16/h5-9H,1-4H3,(H,17,18,19). The Balaban J connectivity index is 2.45. The number of ether oxygens (including phenoxy) is 1. The minimum absolute atomic E-state index is 0.234. The number of nitrogens with one attached hydrogen (secondary N) is 1. The molecule has 0 amide bonds. The molecule has 0 fully saturated rings. The molecule has 0 aliphatic rings. The minimum Gasteiger partial charge on any atom is -0.437 e. The van der Waals surface area contributed by atoms with Crippen LogP contribution in [0.3, 0.4) is 0 Å². The lowest BCUT2D eigenvalue weighted by molar-refractivity contribution is 0.451. The van der Waals surface area contributed by atoms with Gasteiger partial charge in [-0.3, -0.25) is 0 Å². The number of nitrogens with zero attached hydrogens (tertiary/aromatic N) is 2. The van der Waals surface area contributed by atoms with E-state index in [1.807, 2.05) is 32.2 Å². The first-order chi connectivity index (χ1) is 9.52. The van der Waals surface area contributed by atoms with Gasteiger partial charge in [-0.1, -0.05) is 31.5 Å². The Bertz CT molecular complexity index is 614. The lowest BCUT2D eigenvalue weighted by Crippen LogP contribution is -2.04. The fourth-order valence-corrected chi connectivity index (χ4v) is 2.13. The second kappa shape index (κ2) is 6.09. The highest BCUT2D eigenvalue weighted by atomic mass is 35.5. The summed E-state index contributed by atoms with van der Waals surface area (Å²) in [4.78, 5) is 8.47. The molecular formula is C15H18ClN3O. The van der Waals surface area contributed by atoms with Crippen molar-refractivity contribution < 1.29 is 4.74 Å². The van der Waals surface area contributed by atoms with Gasteiger partial charge >= 0.3 is 0 Å². The van der Waals surface area contributed by atoms with Crippen molar-refractivity contribution in [2.24, 2.45) is 0 Å². The number of aromatic nitrogens is 2. The van der Waals surface area contributed by atoms with E-state index in [2.05, 4.69) is 29.1 Å². The van der Waals surface area contributed by atoms with Crippen molar-refractivity contribution in [3.8, 4) is 11.6 Å². The number of benzene rings is 1. The van der Waals surface area contributed by atoms with E-state index in [1.54, 1.807) is 0 Å². The molecule has 1 aromatic carbocycles. The highest BCUT2D eigenvalue weighted by Crippen LogP contribution is 2.35. The Kier molecular flexibility index (Phi) is 4.45. The Morgan fingerprint density at radius 1 is 1.25 bits per heavy atom. The number of hydrogen-bond acceptors (Lipinski definition) is 4. The van der Waals surface area contributed by atoms with Crippen LogP contribution in [-0.4, -0.2) is 17.0 Å². The van der Waals surface area contributed by atoms with Gasteiger partial charge in [0.1, 0.15) is 17.9 Å². The fourth-order valence-electron chi connectivity index (χ4n) is 1.97. The van der Waals surface area contributed by atoms with Gasteiger partial charge < -0.3 is 10.1 Å².